The minimum Gasteiger partial charge on any atom is -0.462 e. The molecule has 0 radical (unpaired) electrons. The van der Waals surface area contributed by atoms with Gasteiger partial charge in [-0.15, -0.1) is 0 Å². The normalized spacial score (nSPS) is 13.1. The zero-order valence-electron chi connectivity index (χ0n) is 58.9. The predicted octanol–water partition coefficient (Wildman–Crippen LogP) is 27.0. The molecule has 0 amide bonds. The molecule has 5 nitrogen and oxygen atoms in total. The minimum absolute atomic E-state index is 0.0691. The molecule has 512 valence electrons. The van der Waals surface area contributed by atoms with Crippen LogP contribution in [0.25, 0.3) is 0 Å². The fourth-order valence-electron chi connectivity index (χ4n) is 10.7. The lowest BCUT2D eigenvalue weighted by Crippen LogP contribution is -2.28. The Morgan fingerprint density at radius 1 is 0.256 bits per heavy atom. The standard InChI is InChI=1S/C85H142O5/c1-3-5-7-9-11-13-15-17-19-21-23-25-27-29-31-33-35-37-39-40-41-42-43-44-46-47-49-51-53-55-57-59-61-63-65-67-69-71-73-75-77-79-84(87)89-82-83(81-86)90-85(88)80-78-76-74-72-70-68-66-64-62-60-58-56-54-52-50-48-45-38-36-34-32-30-28-26-24-22-20-18-16-14-12-10-8-6-4-2/h5-8,11-14,17-20,23-26,29-32,35-38,48,50,83,86H,3-4,9-10,15-16,21-22,27-28,33-34,39-47,49,51-82H2,1-2H3/b7-5-,8-6-,13-11-,14-12-,19-17-,20-18-,25-23-,26-24-,31-29-,32-30-,37-35-,38-36-,50-48-. The number of ether oxygens (including phenoxy) is 2. The maximum Gasteiger partial charge on any atom is 0.306 e. The summed E-state index contributed by atoms with van der Waals surface area (Å²) in [7, 11) is 0. The molecule has 0 spiro atoms. The maximum atomic E-state index is 12.4. The second-order valence-corrected chi connectivity index (χ2v) is 25.0. The van der Waals surface area contributed by atoms with E-state index >= 15 is 0 Å². The van der Waals surface area contributed by atoms with Crippen molar-refractivity contribution < 1.29 is 24.2 Å². The molecule has 0 aromatic rings. The Balaban J connectivity index is 3.46. The number of carbonyl (C=O) groups is 2. The van der Waals surface area contributed by atoms with Gasteiger partial charge in [-0.3, -0.25) is 9.59 Å². The van der Waals surface area contributed by atoms with Gasteiger partial charge < -0.3 is 14.6 Å². The Morgan fingerprint density at radius 2 is 0.444 bits per heavy atom. The van der Waals surface area contributed by atoms with E-state index in [-0.39, 0.29) is 25.2 Å². The number of unbranched alkanes of at least 4 members (excludes halogenated alkanes) is 35. The van der Waals surface area contributed by atoms with E-state index in [2.05, 4.69) is 172 Å². The summed E-state index contributed by atoms with van der Waals surface area (Å²) in [6.07, 6.45) is 120. The van der Waals surface area contributed by atoms with Gasteiger partial charge in [0.15, 0.2) is 6.10 Å². The Kier molecular flexibility index (Phi) is 74.8. The van der Waals surface area contributed by atoms with Gasteiger partial charge in [-0.2, -0.15) is 0 Å². The van der Waals surface area contributed by atoms with E-state index < -0.39 is 6.10 Å². The van der Waals surface area contributed by atoms with Gasteiger partial charge in [-0.1, -0.05) is 371 Å². The van der Waals surface area contributed by atoms with Crippen molar-refractivity contribution >= 4 is 11.9 Å². The van der Waals surface area contributed by atoms with Crippen LogP contribution in [0.4, 0.5) is 0 Å². The van der Waals surface area contributed by atoms with Crippen LogP contribution in [-0.2, 0) is 19.1 Å². The number of aliphatic hydroxyl groups excluding tert-OH is 1. The minimum atomic E-state index is -0.781. The average Bonchev–Trinajstić information content (AvgIpc) is 3.58. The van der Waals surface area contributed by atoms with Gasteiger partial charge in [-0.05, 0) is 122 Å². The van der Waals surface area contributed by atoms with Crippen LogP contribution < -0.4 is 0 Å². The second kappa shape index (κ2) is 78.8. The van der Waals surface area contributed by atoms with Gasteiger partial charge in [0.25, 0.3) is 0 Å². The molecule has 0 bridgehead atoms. The molecule has 0 aliphatic carbocycles. The molecule has 1 N–H and O–H groups in total. The van der Waals surface area contributed by atoms with Crippen molar-refractivity contribution in [2.45, 2.75) is 354 Å². The van der Waals surface area contributed by atoms with Gasteiger partial charge in [0.1, 0.15) is 6.61 Å². The number of allylic oxidation sites excluding steroid dienone is 26. The highest BCUT2D eigenvalue weighted by molar-refractivity contribution is 5.70. The topological polar surface area (TPSA) is 72.8 Å². The quantitative estimate of drug-likeness (QED) is 0.0373. The lowest BCUT2D eigenvalue weighted by molar-refractivity contribution is -0.161. The third-order valence-electron chi connectivity index (χ3n) is 16.3. The number of hydrogen-bond acceptors (Lipinski definition) is 5. The van der Waals surface area contributed by atoms with E-state index in [4.69, 9.17) is 9.47 Å². The van der Waals surface area contributed by atoms with Crippen LogP contribution >= 0.6 is 0 Å². The second-order valence-electron chi connectivity index (χ2n) is 25.0. The number of esters is 2. The van der Waals surface area contributed by atoms with Crippen molar-refractivity contribution in [2.24, 2.45) is 0 Å². The Morgan fingerprint density at radius 3 is 0.667 bits per heavy atom. The van der Waals surface area contributed by atoms with E-state index in [1.165, 1.54) is 199 Å². The molecule has 0 heterocycles. The van der Waals surface area contributed by atoms with Crippen LogP contribution in [0, 0.1) is 0 Å². The maximum absolute atomic E-state index is 12.4. The Bertz CT molecular complexity index is 1900. The molecule has 5 heteroatoms. The number of hydrogen-bond donors (Lipinski definition) is 1. The van der Waals surface area contributed by atoms with Crippen molar-refractivity contribution in [3.63, 3.8) is 0 Å². The van der Waals surface area contributed by atoms with Crippen LogP contribution in [0.3, 0.4) is 0 Å². The molecule has 0 aromatic heterocycles. The van der Waals surface area contributed by atoms with Gasteiger partial charge in [0.2, 0.25) is 0 Å². The number of aliphatic hydroxyl groups is 1. The van der Waals surface area contributed by atoms with Crippen LogP contribution in [-0.4, -0.2) is 36.4 Å². The molecule has 0 fully saturated rings. The summed E-state index contributed by atoms with van der Waals surface area (Å²) in [5.74, 6) is -0.584. The van der Waals surface area contributed by atoms with Crippen LogP contribution in [0.2, 0.25) is 0 Å². The van der Waals surface area contributed by atoms with E-state index in [0.717, 1.165) is 122 Å². The van der Waals surface area contributed by atoms with Gasteiger partial charge in [0, 0.05) is 12.8 Å². The summed E-state index contributed by atoms with van der Waals surface area (Å²) in [5, 5.41) is 9.72. The summed E-state index contributed by atoms with van der Waals surface area (Å²) in [6.45, 7) is 3.94. The zero-order chi connectivity index (χ0) is 64.7. The molecule has 1 atom stereocenters. The van der Waals surface area contributed by atoms with Gasteiger partial charge in [-0.25, -0.2) is 0 Å². The largest absolute Gasteiger partial charge is 0.462 e. The van der Waals surface area contributed by atoms with Crippen molar-refractivity contribution in [2.75, 3.05) is 13.2 Å². The highest BCUT2D eigenvalue weighted by Gasteiger charge is 2.16. The number of rotatable bonds is 69. The highest BCUT2D eigenvalue weighted by Crippen LogP contribution is 2.18. The Labute approximate surface area is 558 Å². The fraction of sp³-hybridized carbons (Fsp3) is 0.671. The molecule has 0 aliphatic heterocycles. The summed E-state index contributed by atoms with van der Waals surface area (Å²) in [6, 6.07) is 0. The zero-order valence-corrected chi connectivity index (χ0v) is 58.9. The molecule has 0 aromatic carbocycles. The van der Waals surface area contributed by atoms with Gasteiger partial charge >= 0.3 is 11.9 Å². The van der Waals surface area contributed by atoms with Gasteiger partial charge in [0.05, 0.1) is 6.61 Å². The smallest absolute Gasteiger partial charge is 0.306 e. The fourth-order valence-corrected chi connectivity index (χ4v) is 10.7. The predicted molar refractivity (Wildman–Crippen MR) is 398 cm³/mol. The first kappa shape index (κ1) is 85.5. The number of carbonyl (C=O) groups excluding carboxylic acids is 2. The van der Waals surface area contributed by atoms with Crippen LogP contribution in [0.1, 0.15) is 348 Å². The molecule has 1 unspecified atom stereocenters. The first-order valence-corrected chi connectivity index (χ1v) is 38.0. The highest BCUT2D eigenvalue weighted by atomic mass is 16.6. The third kappa shape index (κ3) is 76.0. The van der Waals surface area contributed by atoms with Crippen molar-refractivity contribution in [3.8, 4) is 0 Å². The third-order valence-corrected chi connectivity index (χ3v) is 16.3. The van der Waals surface area contributed by atoms with Crippen LogP contribution in [0.15, 0.2) is 158 Å². The summed E-state index contributed by atoms with van der Waals surface area (Å²) in [5.41, 5.74) is 0. The summed E-state index contributed by atoms with van der Waals surface area (Å²) in [4.78, 5) is 24.7. The van der Waals surface area contributed by atoms with E-state index in [1.807, 2.05) is 0 Å². The van der Waals surface area contributed by atoms with Crippen molar-refractivity contribution in [1.82, 2.24) is 0 Å². The molecule has 0 saturated carbocycles. The molecular formula is C85H142O5. The first-order chi connectivity index (χ1) is 44.6. The average molecular weight is 1240 g/mol. The molecule has 90 heavy (non-hydrogen) atoms. The summed E-state index contributed by atoms with van der Waals surface area (Å²) < 4.78 is 10.8. The van der Waals surface area contributed by atoms with E-state index in [9.17, 15) is 14.7 Å². The van der Waals surface area contributed by atoms with E-state index in [0.29, 0.717) is 12.8 Å². The monoisotopic (exact) mass is 1240 g/mol. The summed E-state index contributed by atoms with van der Waals surface area (Å²) >= 11 is 0. The molecule has 0 rings (SSSR count). The SMILES string of the molecule is CC/C=C\C/C=C\C/C=C\C/C=C\C/C=C\C/C=C\C/C=C\CCCCCCCCCCCCCCCC(=O)OC(CO)COC(=O)CCCCCCCCCCCCCCCCCCCCCCCC/C=C\C/C=C\C/C=C\C/C=C\C/C=C\C/C=C\CC. The lowest BCUT2D eigenvalue weighted by Gasteiger charge is -2.15. The van der Waals surface area contributed by atoms with Crippen LogP contribution in [0.5, 0.6) is 0 Å². The molecule has 0 saturated heterocycles. The van der Waals surface area contributed by atoms with Crippen molar-refractivity contribution in [1.29, 1.82) is 0 Å². The van der Waals surface area contributed by atoms with E-state index in [1.54, 1.807) is 0 Å². The molecular weight excluding hydrogens is 1100 g/mol. The lowest BCUT2D eigenvalue weighted by atomic mass is 10.0. The first-order valence-electron chi connectivity index (χ1n) is 38.0. The molecule has 0 aliphatic rings. The van der Waals surface area contributed by atoms with Crippen molar-refractivity contribution in [3.05, 3.63) is 158 Å². The Hall–Kier alpha value is -4.48.